The van der Waals surface area contributed by atoms with E-state index in [-0.39, 0.29) is 40.1 Å². The van der Waals surface area contributed by atoms with E-state index in [1.165, 1.54) is 34.1 Å². The number of aromatic carboxylic acids is 1. The van der Waals surface area contributed by atoms with E-state index in [2.05, 4.69) is 11.9 Å². The number of amides is 1. The lowest BCUT2D eigenvalue weighted by atomic mass is 9.82. The second-order valence-corrected chi connectivity index (χ2v) is 14.0. The van der Waals surface area contributed by atoms with Gasteiger partial charge in [0.25, 0.3) is 0 Å². The van der Waals surface area contributed by atoms with Gasteiger partial charge in [0.1, 0.15) is 9.77 Å². The molecule has 8 nitrogen and oxygen atoms in total. The Balaban J connectivity index is 1.72. The standard InChI is InChI=1S/C26H35N3O5S2/c1-17-7-9-18(10-8-17)24(30)29(21-14-22(26(2,3)4)35-23(21)25(31)32)19-11-13-28(16-19)36(33,34)20-6-5-12-27-15-20/h5-6,12,14-15,17-19H,7-11,13,16H2,1-4H3,(H,31,32)/t17-,18-,19-/m0/s1. The zero-order valence-corrected chi connectivity index (χ0v) is 22.9. The maximum atomic E-state index is 14.0. The van der Waals surface area contributed by atoms with Gasteiger partial charge in [-0.25, -0.2) is 13.2 Å². The van der Waals surface area contributed by atoms with Gasteiger partial charge < -0.3 is 10.0 Å². The Hall–Kier alpha value is -2.30. The summed E-state index contributed by atoms with van der Waals surface area (Å²) in [5.74, 6) is -0.784. The molecule has 10 heteroatoms. The highest BCUT2D eigenvalue weighted by atomic mass is 32.2. The van der Waals surface area contributed by atoms with Gasteiger partial charge in [-0.3, -0.25) is 9.78 Å². The van der Waals surface area contributed by atoms with Gasteiger partial charge >= 0.3 is 5.97 Å². The molecular formula is C26H35N3O5S2. The largest absolute Gasteiger partial charge is 0.477 e. The van der Waals surface area contributed by atoms with Crippen LogP contribution < -0.4 is 4.90 Å². The number of thiophene rings is 1. The minimum absolute atomic E-state index is 0.0896. The molecule has 2 aromatic rings. The summed E-state index contributed by atoms with van der Waals surface area (Å²) in [4.78, 5) is 33.0. The molecule has 1 saturated carbocycles. The molecule has 0 spiro atoms. The number of carboxylic acid groups (broad SMARTS) is 1. The van der Waals surface area contributed by atoms with Crippen molar-refractivity contribution in [3.8, 4) is 0 Å². The third-order valence-corrected chi connectivity index (χ3v) is 10.7. The van der Waals surface area contributed by atoms with Gasteiger partial charge in [0.2, 0.25) is 15.9 Å². The summed E-state index contributed by atoms with van der Waals surface area (Å²) in [7, 11) is -3.77. The van der Waals surface area contributed by atoms with E-state index in [1.807, 2.05) is 26.8 Å². The number of aromatic nitrogens is 1. The number of hydrogen-bond acceptors (Lipinski definition) is 6. The summed E-state index contributed by atoms with van der Waals surface area (Å²) in [6, 6.07) is 4.48. The van der Waals surface area contributed by atoms with Crippen molar-refractivity contribution in [1.82, 2.24) is 9.29 Å². The molecule has 196 valence electrons. The molecule has 1 atom stereocenters. The summed E-state index contributed by atoms with van der Waals surface area (Å²) in [6.07, 6.45) is 6.73. The van der Waals surface area contributed by atoms with Crippen LogP contribution in [0.1, 0.15) is 74.3 Å². The first-order valence-corrected chi connectivity index (χ1v) is 14.8. The van der Waals surface area contributed by atoms with Crippen LogP contribution in [-0.2, 0) is 20.2 Å². The number of sulfonamides is 1. The number of hydrogen-bond donors (Lipinski definition) is 1. The Morgan fingerprint density at radius 2 is 1.86 bits per heavy atom. The van der Waals surface area contributed by atoms with Crippen molar-refractivity contribution < 1.29 is 23.1 Å². The number of carbonyl (C=O) groups is 2. The van der Waals surface area contributed by atoms with Gasteiger partial charge in [-0.1, -0.05) is 27.7 Å². The molecule has 2 fully saturated rings. The third kappa shape index (κ3) is 5.35. The van der Waals surface area contributed by atoms with Crippen LogP contribution in [0, 0.1) is 11.8 Å². The van der Waals surface area contributed by atoms with Gasteiger partial charge in [-0.05, 0) is 61.6 Å². The fourth-order valence-electron chi connectivity index (χ4n) is 5.07. The molecule has 4 rings (SSSR count). The average molecular weight is 534 g/mol. The van der Waals surface area contributed by atoms with Crippen LogP contribution in [0.5, 0.6) is 0 Å². The van der Waals surface area contributed by atoms with Gasteiger partial charge in [0, 0.05) is 36.3 Å². The van der Waals surface area contributed by atoms with Gasteiger partial charge in [0.05, 0.1) is 11.7 Å². The Bertz CT molecular complexity index is 1210. The SMILES string of the molecule is CC(C)(C)c1cc(N(C(=O)[C@H]2CC[C@H](C)CC2)[C@H]2CCN(S(=O)(=O)c3cccnc3)C2)c(C(=O)O)s1. The van der Waals surface area contributed by atoms with Crippen LogP contribution in [0.2, 0.25) is 0 Å². The lowest BCUT2D eigenvalue weighted by Gasteiger charge is -2.34. The molecule has 1 saturated heterocycles. The highest BCUT2D eigenvalue weighted by molar-refractivity contribution is 7.89. The van der Waals surface area contributed by atoms with Crippen molar-refractivity contribution in [2.24, 2.45) is 11.8 Å². The fraction of sp³-hybridized carbons (Fsp3) is 0.577. The van der Waals surface area contributed by atoms with Crippen LogP contribution in [0.25, 0.3) is 0 Å². The maximum Gasteiger partial charge on any atom is 0.348 e. The molecular weight excluding hydrogens is 498 g/mol. The molecule has 2 aliphatic rings. The third-order valence-electron chi connectivity index (χ3n) is 7.27. The Morgan fingerprint density at radius 3 is 2.44 bits per heavy atom. The normalized spacial score (nSPS) is 23.5. The summed E-state index contributed by atoms with van der Waals surface area (Å²) in [6.45, 7) is 8.60. The molecule has 1 N–H and O–H groups in total. The van der Waals surface area contributed by atoms with E-state index in [9.17, 15) is 23.1 Å². The Kier molecular flexibility index (Phi) is 7.60. The second-order valence-electron chi connectivity index (χ2n) is 11.0. The summed E-state index contributed by atoms with van der Waals surface area (Å²) >= 11 is 1.20. The van der Waals surface area contributed by atoms with Gasteiger partial charge in [-0.15, -0.1) is 11.3 Å². The van der Waals surface area contributed by atoms with E-state index in [0.29, 0.717) is 18.0 Å². The highest BCUT2D eigenvalue weighted by Crippen LogP contribution is 2.41. The van der Waals surface area contributed by atoms with Crippen molar-refractivity contribution in [3.05, 3.63) is 40.3 Å². The predicted molar refractivity (Wildman–Crippen MR) is 140 cm³/mol. The van der Waals surface area contributed by atoms with Crippen LogP contribution in [0.3, 0.4) is 0 Å². The molecule has 0 aromatic carbocycles. The molecule has 1 amide bonds. The second kappa shape index (κ2) is 10.2. The zero-order valence-electron chi connectivity index (χ0n) is 21.3. The quantitative estimate of drug-likeness (QED) is 0.574. The van der Waals surface area contributed by atoms with Crippen molar-refractivity contribution >= 4 is 38.9 Å². The number of anilines is 1. The average Bonchev–Trinajstić information content (AvgIpc) is 3.49. The summed E-state index contributed by atoms with van der Waals surface area (Å²) in [5, 5.41) is 10.1. The Morgan fingerprint density at radius 1 is 1.17 bits per heavy atom. The summed E-state index contributed by atoms with van der Waals surface area (Å²) in [5.41, 5.74) is 0.111. The van der Waals surface area contributed by atoms with Crippen LogP contribution in [0.4, 0.5) is 5.69 Å². The minimum atomic E-state index is -3.77. The molecule has 2 aromatic heterocycles. The monoisotopic (exact) mass is 533 g/mol. The van der Waals surface area contributed by atoms with Crippen molar-refractivity contribution in [2.75, 3.05) is 18.0 Å². The topological polar surface area (TPSA) is 108 Å². The maximum absolute atomic E-state index is 14.0. The first-order chi connectivity index (χ1) is 16.9. The van der Waals surface area contributed by atoms with E-state index in [4.69, 9.17) is 0 Å². The van der Waals surface area contributed by atoms with Crippen molar-refractivity contribution in [2.45, 2.75) is 76.2 Å². The van der Waals surface area contributed by atoms with Crippen molar-refractivity contribution in [1.29, 1.82) is 0 Å². The fourth-order valence-corrected chi connectivity index (χ4v) is 7.57. The van der Waals surface area contributed by atoms with Gasteiger partial charge in [-0.2, -0.15) is 4.31 Å². The number of rotatable bonds is 6. The van der Waals surface area contributed by atoms with E-state index < -0.39 is 22.0 Å². The summed E-state index contributed by atoms with van der Waals surface area (Å²) < 4.78 is 27.9. The minimum Gasteiger partial charge on any atom is -0.477 e. The Labute approximate surface area is 217 Å². The molecule has 0 bridgehead atoms. The lowest BCUT2D eigenvalue weighted by Crippen LogP contribution is -2.46. The smallest absolute Gasteiger partial charge is 0.348 e. The molecule has 36 heavy (non-hydrogen) atoms. The molecule has 0 radical (unpaired) electrons. The molecule has 0 unspecified atom stereocenters. The number of carbonyl (C=O) groups excluding carboxylic acids is 1. The number of nitrogens with zero attached hydrogens (tertiary/aromatic N) is 3. The number of carboxylic acids is 1. The highest BCUT2D eigenvalue weighted by Gasteiger charge is 2.42. The van der Waals surface area contributed by atoms with Gasteiger partial charge in [0.15, 0.2) is 0 Å². The zero-order chi connectivity index (χ0) is 26.3. The first-order valence-electron chi connectivity index (χ1n) is 12.5. The van der Waals surface area contributed by atoms with Crippen LogP contribution >= 0.6 is 11.3 Å². The first kappa shape index (κ1) is 26.8. The predicted octanol–water partition coefficient (Wildman–Crippen LogP) is 4.76. The number of pyridine rings is 1. The molecule has 1 aliphatic heterocycles. The van der Waals surface area contributed by atoms with E-state index in [1.54, 1.807) is 11.0 Å². The molecule has 1 aliphatic carbocycles. The van der Waals surface area contributed by atoms with Crippen LogP contribution in [-0.4, -0.2) is 53.8 Å². The van der Waals surface area contributed by atoms with E-state index in [0.717, 1.165) is 30.6 Å². The molecule has 3 heterocycles. The van der Waals surface area contributed by atoms with E-state index >= 15 is 0 Å². The lowest BCUT2D eigenvalue weighted by molar-refractivity contribution is -0.124. The van der Waals surface area contributed by atoms with Crippen LogP contribution in [0.15, 0.2) is 35.5 Å². The van der Waals surface area contributed by atoms with Crippen molar-refractivity contribution in [3.63, 3.8) is 0 Å².